The zero-order valence-electron chi connectivity index (χ0n) is 14.1. The zero-order chi connectivity index (χ0) is 18.7. The Kier molecular flexibility index (Phi) is 5.67. The Morgan fingerprint density at radius 3 is 2.35 bits per heavy atom. The van der Waals surface area contributed by atoms with Crippen molar-refractivity contribution in [3.05, 3.63) is 70.8 Å². The van der Waals surface area contributed by atoms with Crippen molar-refractivity contribution >= 4 is 0 Å². The predicted octanol–water partition coefficient (Wildman–Crippen LogP) is 0.664. The topological polar surface area (TPSA) is 114 Å². The molecule has 6 nitrogen and oxygen atoms in total. The molecule has 1 aliphatic rings. The maximum Gasteiger partial charge on any atom is 0.113 e. The van der Waals surface area contributed by atoms with Crippen molar-refractivity contribution in [2.24, 2.45) is 0 Å². The normalized spacial score (nSPS) is 28.5. The average molecular weight is 355 g/mol. The number of aliphatic hydroxyl groups excluding tert-OH is 4. The number of ether oxygens (including phenoxy) is 1. The van der Waals surface area contributed by atoms with Crippen molar-refractivity contribution in [3.8, 4) is 6.07 Å². The highest BCUT2D eigenvalue weighted by atomic mass is 16.5. The summed E-state index contributed by atoms with van der Waals surface area (Å²) in [6, 6.07) is 16.9. The van der Waals surface area contributed by atoms with Crippen LogP contribution in [0.1, 0.15) is 28.4 Å². The van der Waals surface area contributed by atoms with Crippen LogP contribution in [0, 0.1) is 11.3 Å². The number of hydrogen-bond donors (Lipinski definition) is 4. The molecule has 2 aromatic rings. The Morgan fingerprint density at radius 2 is 1.69 bits per heavy atom. The van der Waals surface area contributed by atoms with Gasteiger partial charge in [-0.05, 0) is 29.2 Å². The quantitative estimate of drug-likeness (QED) is 0.641. The summed E-state index contributed by atoms with van der Waals surface area (Å²) in [5.74, 6) is 0. The van der Waals surface area contributed by atoms with Crippen LogP contribution in [-0.2, 0) is 11.2 Å². The first-order valence-corrected chi connectivity index (χ1v) is 8.42. The van der Waals surface area contributed by atoms with Crippen LogP contribution in [0.2, 0.25) is 0 Å². The highest BCUT2D eigenvalue weighted by Crippen LogP contribution is 2.33. The van der Waals surface area contributed by atoms with Crippen LogP contribution >= 0.6 is 0 Å². The SMILES string of the molecule is N#Cc1ccc([C@@H]2O[C@H](CO)[C@@H](O)[C@H](O)[C@H]2O)cc1Cc1ccccc1. The number of aliphatic hydroxyl groups is 4. The van der Waals surface area contributed by atoms with Gasteiger partial charge in [0.15, 0.2) is 0 Å². The third-order valence-electron chi connectivity index (χ3n) is 4.71. The fourth-order valence-electron chi connectivity index (χ4n) is 3.24. The van der Waals surface area contributed by atoms with Gasteiger partial charge in [-0.2, -0.15) is 5.26 Å². The maximum absolute atomic E-state index is 10.3. The molecule has 6 heteroatoms. The summed E-state index contributed by atoms with van der Waals surface area (Å²) in [6.45, 7) is -0.478. The summed E-state index contributed by atoms with van der Waals surface area (Å²) in [4.78, 5) is 0. The average Bonchev–Trinajstić information content (AvgIpc) is 2.67. The molecule has 1 heterocycles. The van der Waals surface area contributed by atoms with Gasteiger partial charge in [-0.3, -0.25) is 0 Å². The van der Waals surface area contributed by atoms with Gasteiger partial charge in [-0.25, -0.2) is 0 Å². The van der Waals surface area contributed by atoms with Gasteiger partial charge in [0.2, 0.25) is 0 Å². The van der Waals surface area contributed by atoms with Crippen molar-refractivity contribution in [3.63, 3.8) is 0 Å². The lowest BCUT2D eigenvalue weighted by molar-refractivity contribution is -0.231. The van der Waals surface area contributed by atoms with Gasteiger partial charge in [-0.1, -0.05) is 42.5 Å². The molecule has 4 N–H and O–H groups in total. The van der Waals surface area contributed by atoms with E-state index in [0.717, 1.165) is 11.1 Å². The Bertz CT molecular complexity index is 787. The molecule has 0 spiro atoms. The Hall–Kier alpha value is -2.27. The largest absolute Gasteiger partial charge is 0.394 e. The monoisotopic (exact) mass is 355 g/mol. The van der Waals surface area contributed by atoms with Crippen molar-refractivity contribution in [2.45, 2.75) is 36.9 Å². The first-order chi connectivity index (χ1) is 12.5. The zero-order valence-corrected chi connectivity index (χ0v) is 14.1. The van der Waals surface area contributed by atoms with Crippen LogP contribution in [0.25, 0.3) is 0 Å². The minimum absolute atomic E-state index is 0.478. The second kappa shape index (κ2) is 7.96. The lowest BCUT2D eigenvalue weighted by atomic mass is 9.89. The molecule has 0 aliphatic carbocycles. The summed E-state index contributed by atoms with van der Waals surface area (Å²) in [7, 11) is 0. The molecule has 1 fully saturated rings. The van der Waals surface area contributed by atoms with E-state index in [1.54, 1.807) is 18.2 Å². The molecule has 5 atom stereocenters. The van der Waals surface area contributed by atoms with E-state index in [1.165, 1.54) is 0 Å². The predicted molar refractivity (Wildman–Crippen MR) is 93.1 cm³/mol. The molecule has 0 amide bonds. The number of nitrogens with zero attached hydrogens (tertiary/aromatic N) is 1. The molecule has 1 saturated heterocycles. The van der Waals surface area contributed by atoms with Crippen LogP contribution in [0.15, 0.2) is 48.5 Å². The molecule has 3 rings (SSSR count). The van der Waals surface area contributed by atoms with Crippen molar-refractivity contribution < 1.29 is 25.2 Å². The molecule has 1 aliphatic heterocycles. The second-order valence-corrected chi connectivity index (χ2v) is 6.44. The molecular weight excluding hydrogens is 334 g/mol. The molecule has 0 bridgehead atoms. The van der Waals surface area contributed by atoms with Crippen LogP contribution < -0.4 is 0 Å². The Labute approximate surface area is 151 Å². The summed E-state index contributed by atoms with van der Waals surface area (Å²) >= 11 is 0. The second-order valence-electron chi connectivity index (χ2n) is 6.44. The van der Waals surface area contributed by atoms with E-state index in [0.29, 0.717) is 17.5 Å². The first-order valence-electron chi connectivity index (χ1n) is 8.42. The highest BCUT2D eigenvalue weighted by Gasteiger charge is 2.44. The standard InChI is InChI=1S/C20H21NO5/c21-10-14-7-6-13(9-15(14)8-12-4-2-1-3-5-12)20-19(25)18(24)17(23)16(11-22)26-20/h1-7,9,16-20,22-25H,8,11H2/t16-,17-,18+,19-,20+/m1/s1. The number of rotatable bonds is 4. The molecule has 2 aromatic carbocycles. The molecule has 0 radical (unpaired) electrons. The minimum Gasteiger partial charge on any atom is -0.394 e. The van der Waals surface area contributed by atoms with Gasteiger partial charge in [0.05, 0.1) is 18.2 Å². The van der Waals surface area contributed by atoms with E-state index in [1.807, 2.05) is 30.3 Å². The maximum atomic E-state index is 10.3. The Morgan fingerprint density at radius 1 is 0.962 bits per heavy atom. The molecular formula is C20H21NO5. The Balaban J connectivity index is 1.93. The third kappa shape index (κ3) is 3.63. The fourth-order valence-corrected chi connectivity index (χ4v) is 3.24. The molecule has 0 saturated carbocycles. The fraction of sp³-hybridized carbons (Fsp3) is 0.350. The smallest absolute Gasteiger partial charge is 0.113 e. The van der Waals surface area contributed by atoms with E-state index in [9.17, 15) is 25.7 Å². The van der Waals surface area contributed by atoms with Crippen LogP contribution in [0.4, 0.5) is 0 Å². The van der Waals surface area contributed by atoms with E-state index < -0.39 is 37.1 Å². The van der Waals surface area contributed by atoms with Crippen LogP contribution in [0.3, 0.4) is 0 Å². The number of hydrogen-bond acceptors (Lipinski definition) is 6. The van der Waals surface area contributed by atoms with E-state index in [4.69, 9.17) is 4.74 Å². The van der Waals surface area contributed by atoms with Gasteiger partial charge >= 0.3 is 0 Å². The van der Waals surface area contributed by atoms with Crippen LogP contribution in [0.5, 0.6) is 0 Å². The van der Waals surface area contributed by atoms with E-state index in [-0.39, 0.29) is 0 Å². The van der Waals surface area contributed by atoms with Gasteiger partial charge in [0, 0.05) is 0 Å². The number of benzene rings is 2. The van der Waals surface area contributed by atoms with Crippen molar-refractivity contribution in [2.75, 3.05) is 6.61 Å². The minimum atomic E-state index is -1.43. The van der Waals surface area contributed by atoms with E-state index >= 15 is 0 Å². The molecule has 26 heavy (non-hydrogen) atoms. The first kappa shape index (κ1) is 18.5. The van der Waals surface area contributed by atoms with Gasteiger partial charge in [-0.15, -0.1) is 0 Å². The van der Waals surface area contributed by atoms with Crippen molar-refractivity contribution in [1.82, 2.24) is 0 Å². The molecule has 0 unspecified atom stereocenters. The van der Waals surface area contributed by atoms with E-state index in [2.05, 4.69) is 6.07 Å². The molecule has 136 valence electrons. The highest BCUT2D eigenvalue weighted by molar-refractivity contribution is 5.44. The van der Waals surface area contributed by atoms with Gasteiger partial charge in [0.25, 0.3) is 0 Å². The number of nitriles is 1. The summed E-state index contributed by atoms with van der Waals surface area (Å²) in [5, 5.41) is 48.9. The summed E-state index contributed by atoms with van der Waals surface area (Å²) < 4.78 is 5.60. The third-order valence-corrected chi connectivity index (χ3v) is 4.71. The lowest BCUT2D eigenvalue weighted by Crippen LogP contribution is -2.55. The van der Waals surface area contributed by atoms with Crippen LogP contribution in [-0.4, -0.2) is 51.4 Å². The summed E-state index contributed by atoms with van der Waals surface area (Å²) in [6.07, 6.45) is -5.51. The molecule has 0 aromatic heterocycles. The van der Waals surface area contributed by atoms with Gasteiger partial charge < -0.3 is 25.2 Å². The van der Waals surface area contributed by atoms with Gasteiger partial charge in [0.1, 0.15) is 30.5 Å². The van der Waals surface area contributed by atoms with Crippen molar-refractivity contribution in [1.29, 1.82) is 5.26 Å². The lowest BCUT2D eigenvalue weighted by Gasteiger charge is -2.40. The summed E-state index contributed by atoms with van der Waals surface area (Å²) in [5.41, 5.74) is 2.90.